The van der Waals surface area contributed by atoms with Crippen LogP contribution in [-0.4, -0.2) is 26.2 Å². The number of amides is 1. The average Bonchev–Trinajstić information content (AvgIpc) is 3.46. The van der Waals surface area contributed by atoms with E-state index < -0.39 is 0 Å². The summed E-state index contributed by atoms with van der Waals surface area (Å²) in [6.45, 7) is 3.16. The minimum Gasteiger partial charge on any atom is -0.347 e. The summed E-state index contributed by atoms with van der Waals surface area (Å²) in [5, 5.41) is 4.92. The van der Waals surface area contributed by atoms with Crippen molar-refractivity contribution in [1.82, 2.24) is 14.5 Å². The number of carbonyl (C=O) groups is 1. The maximum absolute atomic E-state index is 12.5. The maximum Gasteiger partial charge on any atom is 0.259 e. The number of fused-ring (bicyclic) bond motifs is 4. The number of anilines is 1. The molecule has 166 valence electrons. The molecule has 0 atom stereocenters. The summed E-state index contributed by atoms with van der Waals surface area (Å²) < 4.78 is 2.23. The van der Waals surface area contributed by atoms with E-state index in [2.05, 4.69) is 45.1 Å². The number of nitrogens with one attached hydrogen (secondary N) is 2. The van der Waals surface area contributed by atoms with Gasteiger partial charge in [-0.3, -0.25) is 9.59 Å². The molecule has 0 fully saturated rings. The highest BCUT2D eigenvalue weighted by Crippen LogP contribution is 2.34. The van der Waals surface area contributed by atoms with Crippen molar-refractivity contribution in [2.75, 3.05) is 11.1 Å². The van der Waals surface area contributed by atoms with Crippen LogP contribution in [0.2, 0.25) is 0 Å². The van der Waals surface area contributed by atoms with Crippen LogP contribution < -0.4 is 10.9 Å². The predicted molar refractivity (Wildman–Crippen MR) is 134 cm³/mol. The van der Waals surface area contributed by atoms with E-state index in [9.17, 15) is 9.59 Å². The molecule has 0 radical (unpaired) electrons. The molecule has 1 aliphatic rings. The molecule has 0 saturated carbocycles. The van der Waals surface area contributed by atoms with Crippen LogP contribution in [0.4, 0.5) is 5.69 Å². The Hall–Kier alpha value is -2.58. The van der Waals surface area contributed by atoms with Crippen molar-refractivity contribution < 1.29 is 4.79 Å². The minimum atomic E-state index is -0.0223. The van der Waals surface area contributed by atoms with E-state index in [1.165, 1.54) is 16.0 Å². The number of aromatic amines is 1. The fourth-order valence-corrected chi connectivity index (χ4v) is 6.47. The number of rotatable bonds is 8. The number of carbonyl (C=O) groups excluding carboxylic acids is 1. The average molecular weight is 467 g/mol. The van der Waals surface area contributed by atoms with Gasteiger partial charge in [0.05, 0.1) is 11.1 Å². The van der Waals surface area contributed by atoms with Gasteiger partial charge in [-0.25, -0.2) is 4.98 Å². The zero-order chi connectivity index (χ0) is 22.1. The Morgan fingerprint density at radius 1 is 1.31 bits per heavy atom. The number of hydrogen-bond acceptors (Lipinski definition) is 5. The van der Waals surface area contributed by atoms with E-state index in [1.807, 2.05) is 12.1 Å². The summed E-state index contributed by atoms with van der Waals surface area (Å²) in [5.41, 5.74) is 3.19. The highest BCUT2D eigenvalue weighted by Gasteiger charge is 2.21. The second-order valence-corrected chi connectivity index (χ2v) is 10.4. The fraction of sp³-hybridized carbons (Fsp3) is 0.375. The molecule has 1 aliphatic carbocycles. The van der Waals surface area contributed by atoms with E-state index in [-0.39, 0.29) is 11.5 Å². The Morgan fingerprint density at radius 2 is 2.22 bits per heavy atom. The van der Waals surface area contributed by atoms with Crippen molar-refractivity contribution in [3.8, 4) is 0 Å². The van der Waals surface area contributed by atoms with Crippen LogP contribution in [0, 0.1) is 0 Å². The lowest BCUT2D eigenvalue weighted by molar-refractivity contribution is -0.115. The standard InChI is InChI=1S/C24H26N4O2S2/c1-2-10-28-11-8-15-13-16(6-7-18(15)28)25-21(29)9-12-31-14-20-26-23(30)22-17-4-3-5-19(17)32-24(22)27-20/h6-8,11,13H,2-5,9-10,12,14H2,1H3,(H,25,29)(H,26,27,30). The molecule has 4 aromatic rings. The normalized spacial score (nSPS) is 13.2. The van der Waals surface area contributed by atoms with Gasteiger partial charge in [0, 0.05) is 46.4 Å². The smallest absolute Gasteiger partial charge is 0.259 e. The lowest BCUT2D eigenvalue weighted by Crippen LogP contribution is -2.13. The van der Waals surface area contributed by atoms with E-state index in [4.69, 9.17) is 0 Å². The summed E-state index contributed by atoms with van der Waals surface area (Å²) in [6.07, 6.45) is 6.78. The molecule has 5 rings (SSSR count). The Morgan fingerprint density at radius 3 is 3.09 bits per heavy atom. The largest absolute Gasteiger partial charge is 0.347 e. The van der Waals surface area contributed by atoms with Gasteiger partial charge in [0.25, 0.3) is 5.56 Å². The molecule has 0 aliphatic heterocycles. The highest BCUT2D eigenvalue weighted by atomic mass is 32.2. The molecular formula is C24H26N4O2S2. The van der Waals surface area contributed by atoms with E-state index >= 15 is 0 Å². The van der Waals surface area contributed by atoms with Crippen molar-refractivity contribution in [2.24, 2.45) is 0 Å². The topological polar surface area (TPSA) is 79.8 Å². The Kier molecular flexibility index (Phi) is 6.06. The van der Waals surface area contributed by atoms with Crippen LogP contribution in [-0.2, 0) is 29.9 Å². The first-order chi connectivity index (χ1) is 15.6. The van der Waals surface area contributed by atoms with Crippen LogP contribution in [0.3, 0.4) is 0 Å². The molecule has 0 unspecified atom stereocenters. The third kappa shape index (κ3) is 4.21. The van der Waals surface area contributed by atoms with E-state index in [1.54, 1.807) is 23.1 Å². The molecule has 8 heteroatoms. The first-order valence-electron chi connectivity index (χ1n) is 11.1. The molecule has 1 aromatic carbocycles. The predicted octanol–water partition coefficient (Wildman–Crippen LogP) is 5.10. The fourth-order valence-electron chi connectivity index (χ4n) is 4.39. The minimum absolute atomic E-state index is 0.00331. The van der Waals surface area contributed by atoms with Gasteiger partial charge >= 0.3 is 0 Å². The zero-order valence-corrected chi connectivity index (χ0v) is 19.7. The number of thioether (sulfide) groups is 1. The van der Waals surface area contributed by atoms with Crippen molar-refractivity contribution in [2.45, 2.75) is 51.3 Å². The molecule has 0 bridgehead atoms. The van der Waals surface area contributed by atoms with Crippen molar-refractivity contribution in [3.63, 3.8) is 0 Å². The number of thiophene rings is 1. The van der Waals surface area contributed by atoms with Crippen LogP contribution in [0.1, 0.15) is 42.5 Å². The number of aromatic nitrogens is 3. The maximum atomic E-state index is 12.5. The summed E-state index contributed by atoms with van der Waals surface area (Å²) in [7, 11) is 0. The second-order valence-electron chi connectivity index (χ2n) is 8.18. The first-order valence-corrected chi connectivity index (χ1v) is 13.1. The van der Waals surface area contributed by atoms with Crippen molar-refractivity contribution in [3.05, 3.63) is 57.1 Å². The quantitative estimate of drug-likeness (QED) is 0.354. The van der Waals surface area contributed by atoms with Crippen LogP contribution in [0.25, 0.3) is 21.1 Å². The van der Waals surface area contributed by atoms with Crippen LogP contribution in [0.15, 0.2) is 35.3 Å². The summed E-state index contributed by atoms with van der Waals surface area (Å²) in [5.74, 6) is 1.95. The molecule has 6 nitrogen and oxygen atoms in total. The lowest BCUT2D eigenvalue weighted by Gasteiger charge is -2.07. The molecule has 3 heterocycles. The molecule has 3 aromatic heterocycles. The number of benzene rings is 1. The third-order valence-electron chi connectivity index (χ3n) is 5.86. The Labute approximate surface area is 194 Å². The van der Waals surface area contributed by atoms with Gasteiger partial charge in [-0.15, -0.1) is 11.3 Å². The van der Waals surface area contributed by atoms with Gasteiger partial charge in [-0.2, -0.15) is 11.8 Å². The Balaban J connectivity index is 1.14. The van der Waals surface area contributed by atoms with Gasteiger partial charge in [0.15, 0.2) is 0 Å². The number of nitrogens with zero attached hydrogens (tertiary/aromatic N) is 2. The van der Waals surface area contributed by atoms with Gasteiger partial charge in [-0.1, -0.05) is 6.92 Å². The summed E-state index contributed by atoms with van der Waals surface area (Å²) >= 11 is 3.27. The van der Waals surface area contributed by atoms with Gasteiger partial charge in [0.2, 0.25) is 5.91 Å². The molecule has 0 spiro atoms. The van der Waals surface area contributed by atoms with Crippen molar-refractivity contribution >= 4 is 55.8 Å². The van der Waals surface area contributed by atoms with E-state index in [0.717, 1.165) is 53.5 Å². The number of H-pyrrole nitrogens is 1. The summed E-state index contributed by atoms with van der Waals surface area (Å²) in [6, 6.07) is 8.13. The van der Waals surface area contributed by atoms with Gasteiger partial charge < -0.3 is 14.9 Å². The zero-order valence-electron chi connectivity index (χ0n) is 18.1. The SMILES string of the molecule is CCCn1ccc2cc(NC(=O)CCSCc3nc4sc5c(c4c(=O)[nH]3)CCC5)ccc21. The molecule has 1 amide bonds. The molecule has 2 N–H and O–H groups in total. The lowest BCUT2D eigenvalue weighted by atomic mass is 10.2. The Bertz CT molecular complexity index is 1350. The summed E-state index contributed by atoms with van der Waals surface area (Å²) in [4.78, 5) is 34.7. The monoisotopic (exact) mass is 466 g/mol. The number of aryl methyl sites for hydroxylation is 3. The highest BCUT2D eigenvalue weighted by molar-refractivity contribution is 7.98. The molecule has 0 saturated heterocycles. The van der Waals surface area contributed by atoms with Crippen LogP contribution in [0.5, 0.6) is 0 Å². The third-order valence-corrected chi connectivity index (χ3v) is 8.01. The second kappa shape index (κ2) is 9.11. The molecular weight excluding hydrogens is 440 g/mol. The molecule has 32 heavy (non-hydrogen) atoms. The van der Waals surface area contributed by atoms with Gasteiger partial charge in [0.1, 0.15) is 10.7 Å². The first kappa shape index (κ1) is 21.3. The van der Waals surface area contributed by atoms with Crippen molar-refractivity contribution in [1.29, 1.82) is 0 Å². The number of hydrogen-bond donors (Lipinski definition) is 2. The van der Waals surface area contributed by atoms with E-state index in [0.29, 0.717) is 23.8 Å². The van der Waals surface area contributed by atoms with Gasteiger partial charge in [-0.05, 0) is 55.5 Å². The van der Waals surface area contributed by atoms with Crippen LogP contribution >= 0.6 is 23.1 Å².